The Balaban J connectivity index is 2.27. The number of carbonyl (C=O) groups excluding carboxylic acids is 1. The summed E-state index contributed by atoms with van der Waals surface area (Å²) in [5.74, 6) is 0.549. The van der Waals surface area contributed by atoms with Gasteiger partial charge in [0.15, 0.2) is 0 Å². The lowest BCUT2D eigenvalue weighted by molar-refractivity contribution is 0.102. The Morgan fingerprint density at radius 1 is 1.29 bits per heavy atom. The molecule has 0 aliphatic heterocycles. The quantitative estimate of drug-likeness (QED) is 0.884. The van der Waals surface area contributed by atoms with Crippen LogP contribution in [0.1, 0.15) is 35.6 Å². The van der Waals surface area contributed by atoms with Crippen LogP contribution in [0.2, 0.25) is 0 Å². The molecular weight excluding hydrogens is 266 g/mol. The van der Waals surface area contributed by atoms with Gasteiger partial charge in [0, 0.05) is 31.5 Å². The van der Waals surface area contributed by atoms with Crippen molar-refractivity contribution in [1.82, 2.24) is 14.8 Å². The molecule has 0 aliphatic carbocycles. The number of pyridine rings is 1. The molecule has 2 N–H and O–H groups in total. The van der Waals surface area contributed by atoms with Gasteiger partial charge in [0.1, 0.15) is 5.82 Å². The van der Waals surface area contributed by atoms with Crippen LogP contribution in [-0.4, -0.2) is 27.7 Å². The lowest BCUT2D eigenvalue weighted by Gasteiger charge is -2.08. The molecule has 2 aromatic heterocycles. The molecule has 2 heterocycles. The average molecular weight is 287 g/mol. The van der Waals surface area contributed by atoms with Gasteiger partial charge in [0.05, 0.1) is 11.4 Å². The van der Waals surface area contributed by atoms with Gasteiger partial charge in [-0.15, -0.1) is 0 Å². The molecular formula is C15H21N5O. The fourth-order valence-corrected chi connectivity index (χ4v) is 2.12. The molecule has 112 valence electrons. The van der Waals surface area contributed by atoms with Crippen molar-refractivity contribution in [1.29, 1.82) is 0 Å². The van der Waals surface area contributed by atoms with Gasteiger partial charge >= 0.3 is 0 Å². The van der Waals surface area contributed by atoms with E-state index >= 15 is 0 Å². The van der Waals surface area contributed by atoms with E-state index in [1.54, 1.807) is 17.8 Å². The number of hydrogen-bond donors (Lipinski definition) is 2. The third kappa shape index (κ3) is 3.39. The fraction of sp³-hybridized carbons (Fsp3) is 0.400. The highest BCUT2D eigenvalue weighted by molar-refractivity contribution is 6.05. The summed E-state index contributed by atoms with van der Waals surface area (Å²) < 4.78 is 1.71. The molecule has 0 fully saturated rings. The first-order chi connectivity index (χ1) is 10.1. The Hall–Kier alpha value is -2.37. The first-order valence-electron chi connectivity index (χ1n) is 7.10. The van der Waals surface area contributed by atoms with E-state index in [0.717, 1.165) is 29.9 Å². The van der Waals surface area contributed by atoms with Gasteiger partial charge in [-0.05, 0) is 25.0 Å². The van der Waals surface area contributed by atoms with Crippen molar-refractivity contribution in [3.05, 3.63) is 35.3 Å². The Kier molecular flexibility index (Phi) is 4.57. The van der Waals surface area contributed by atoms with Crippen LogP contribution in [0.25, 0.3) is 0 Å². The van der Waals surface area contributed by atoms with Crippen molar-refractivity contribution in [2.75, 3.05) is 17.7 Å². The van der Waals surface area contributed by atoms with Gasteiger partial charge in [-0.1, -0.05) is 13.8 Å². The third-order valence-corrected chi connectivity index (χ3v) is 3.25. The zero-order chi connectivity index (χ0) is 15.4. The molecule has 0 atom stereocenters. The Bertz CT molecular complexity index is 625. The van der Waals surface area contributed by atoms with Crippen molar-refractivity contribution in [2.24, 2.45) is 7.05 Å². The van der Waals surface area contributed by atoms with Crippen LogP contribution in [0.4, 0.5) is 11.5 Å². The zero-order valence-electron chi connectivity index (χ0n) is 12.9. The van der Waals surface area contributed by atoms with Gasteiger partial charge < -0.3 is 10.6 Å². The van der Waals surface area contributed by atoms with Gasteiger partial charge in [-0.2, -0.15) is 5.10 Å². The minimum Gasteiger partial charge on any atom is -0.373 e. The highest BCUT2D eigenvalue weighted by atomic mass is 16.1. The zero-order valence-corrected chi connectivity index (χ0v) is 12.9. The van der Waals surface area contributed by atoms with E-state index in [1.165, 1.54) is 0 Å². The first-order valence-corrected chi connectivity index (χ1v) is 7.10. The van der Waals surface area contributed by atoms with E-state index in [2.05, 4.69) is 20.7 Å². The molecule has 0 aromatic carbocycles. The van der Waals surface area contributed by atoms with Crippen LogP contribution < -0.4 is 10.6 Å². The van der Waals surface area contributed by atoms with E-state index in [9.17, 15) is 4.79 Å². The maximum Gasteiger partial charge on any atom is 0.255 e. The molecule has 21 heavy (non-hydrogen) atoms. The number of hydrogen-bond acceptors (Lipinski definition) is 4. The third-order valence-electron chi connectivity index (χ3n) is 3.25. The monoisotopic (exact) mass is 287 g/mol. The summed E-state index contributed by atoms with van der Waals surface area (Å²) in [4.78, 5) is 16.8. The average Bonchev–Trinajstić information content (AvgIpc) is 2.86. The molecule has 0 saturated carbocycles. The molecule has 2 rings (SSSR count). The van der Waals surface area contributed by atoms with Crippen LogP contribution in [0.5, 0.6) is 0 Å². The minimum absolute atomic E-state index is 0.147. The lowest BCUT2D eigenvalue weighted by Crippen LogP contribution is -2.14. The first kappa shape index (κ1) is 15.0. The van der Waals surface area contributed by atoms with Crippen molar-refractivity contribution >= 4 is 17.4 Å². The number of anilines is 2. The number of carbonyl (C=O) groups is 1. The molecule has 0 bridgehead atoms. The SMILES string of the molecule is CCc1cc(C(=O)Nc2cn(C)nc2CC)cc(NC)n1. The molecule has 0 spiro atoms. The maximum absolute atomic E-state index is 12.4. The van der Waals surface area contributed by atoms with E-state index in [0.29, 0.717) is 11.4 Å². The van der Waals surface area contributed by atoms with E-state index in [4.69, 9.17) is 0 Å². The molecule has 6 heteroatoms. The number of amides is 1. The Morgan fingerprint density at radius 3 is 2.67 bits per heavy atom. The summed E-state index contributed by atoms with van der Waals surface area (Å²) in [5, 5.41) is 10.2. The number of nitrogens with zero attached hydrogens (tertiary/aromatic N) is 3. The predicted molar refractivity (Wildman–Crippen MR) is 83.7 cm³/mol. The van der Waals surface area contributed by atoms with Crippen LogP contribution in [0.15, 0.2) is 18.3 Å². The molecule has 0 radical (unpaired) electrons. The van der Waals surface area contributed by atoms with Crippen molar-refractivity contribution in [3.63, 3.8) is 0 Å². The normalized spacial score (nSPS) is 10.5. The van der Waals surface area contributed by atoms with Crippen LogP contribution in [0.3, 0.4) is 0 Å². The highest BCUT2D eigenvalue weighted by Gasteiger charge is 2.13. The number of aromatic nitrogens is 3. The summed E-state index contributed by atoms with van der Waals surface area (Å²) >= 11 is 0. The second-order valence-corrected chi connectivity index (χ2v) is 4.81. The molecule has 0 saturated heterocycles. The standard InChI is InChI=1S/C15H21N5O/c1-5-11-7-10(8-14(16-3)17-11)15(21)18-13-9-20(4)19-12(13)6-2/h7-9H,5-6H2,1-4H3,(H,16,17)(H,18,21). The van der Waals surface area contributed by atoms with Gasteiger partial charge in [-0.3, -0.25) is 9.48 Å². The molecule has 0 unspecified atom stereocenters. The predicted octanol–water partition coefficient (Wildman–Crippen LogP) is 2.23. The maximum atomic E-state index is 12.4. The lowest BCUT2D eigenvalue weighted by atomic mass is 10.1. The summed E-state index contributed by atoms with van der Waals surface area (Å²) in [6, 6.07) is 3.56. The van der Waals surface area contributed by atoms with Gasteiger partial charge in [0.2, 0.25) is 0 Å². The van der Waals surface area contributed by atoms with Crippen LogP contribution in [0, 0.1) is 0 Å². The molecule has 0 aliphatic rings. The summed E-state index contributed by atoms with van der Waals surface area (Å²) in [6.45, 7) is 4.03. The number of aryl methyl sites for hydroxylation is 3. The molecule has 1 amide bonds. The van der Waals surface area contributed by atoms with Gasteiger partial charge in [-0.25, -0.2) is 4.98 Å². The smallest absolute Gasteiger partial charge is 0.255 e. The van der Waals surface area contributed by atoms with Crippen LogP contribution in [-0.2, 0) is 19.9 Å². The molecule has 2 aromatic rings. The fourth-order valence-electron chi connectivity index (χ4n) is 2.12. The van der Waals surface area contributed by atoms with Crippen molar-refractivity contribution < 1.29 is 4.79 Å². The van der Waals surface area contributed by atoms with Crippen molar-refractivity contribution in [2.45, 2.75) is 26.7 Å². The minimum atomic E-state index is -0.147. The van der Waals surface area contributed by atoms with Gasteiger partial charge in [0.25, 0.3) is 5.91 Å². The van der Waals surface area contributed by atoms with Crippen molar-refractivity contribution in [3.8, 4) is 0 Å². The van der Waals surface area contributed by atoms with E-state index in [1.807, 2.05) is 33.2 Å². The topological polar surface area (TPSA) is 71.8 Å². The van der Waals surface area contributed by atoms with E-state index < -0.39 is 0 Å². The summed E-state index contributed by atoms with van der Waals surface area (Å²) in [7, 11) is 3.63. The van der Waals surface area contributed by atoms with Crippen LogP contribution >= 0.6 is 0 Å². The highest BCUT2D eigenvalue weighted by Crippen LogP contribution is 2.17. The molecule has 6 nitrogen and oxygen atoms in total. The Morgan fingerprint density at radius 2 is 2.05 bits per heavy atom. The number of nitrogens with one attached hydrogen (secondary N) is 2. The summed E-state index contributed by atoms with van der Waals surface area (Å²) in [5.41, 5.74) is 3.11. The Labute approximate surface area is 124 Å². The van der Waals surface area contributed by atoms with E-state index in [-0.39, 0.29) is 5.91 Å². The summed E-state index contributed by atoms with van der Waals surface area (Å²) in [6.07, 6.45) is 3.37. The second-order valence-electron chi connectivity index (χ2n) is 4.81. The number of rotatable bonds is 5. The largest absolute Gasteiger partial charge is 0.373 e. The second kappa shape index (κ2) is 6.39.